The lowest BCUT2D eigenvalue weighted by Crippen LogP contribution is -2.10. The van der Waals surface area contributed by atoms with Crippen molar-refractivity contribution in [1.29, 1.82) is 0 Å². The maximum atomic E-state index is 12.1. The highest BCUT2D eigenvalue weighted by Crippen LogP contribution is 2.43. The van der Waals surface area contributed by atoms with Crippen LogP contribution in [0.4, 0.5) is 0 Å². The molecule has 0 N–H and O–H groups in total. The molecule has 0 aliphatic heterocycles. The van der Waals surface area contributed by atoms with E-state index in [9.17, 15) is 14.4 Å². The van der Waals surface area contributed by atoms with E-state index in [1.54, 1.807) is 52.5 Å². The fraction of sp³-hybridized carbons (Fsp3) is 0. The summed E-state index contributed by atoms with van der Waals surface area (Å²) in [7, 11) is -2.52. The minimum absolute atomic E-state index is 0.312. The van der Waals surface area contributed by atoms with Crippen LogP contribution in [-0.2, 0) is 13.6 Å². The van der Waals surface area contributed by atoms with Crippen LogP contribution in [0.1, 0.15) is 29.0 Å². The SMILES string of the molecule is O=C(OP(OC(=O)c1cccs1)OC(=O)c1cccs1)c1cccs1. The van der Waals surface area contributed by atoms with Crippen molar-refractivity contribution in [3.8, 4) is 0 Å². The van der Waals surface area contributed by atoms with Gasteiger partial charge in [0.15, 0.2) is 0 Å². The van der Waals surface area contributed by atoms with Crippen LogP contribution in [0, 0.1) is 0 Å². The molecule has 0 aliphatic carbocycles. The fourth-order valence-corrected chi connectivity index (χ4v) is 4.37. The first kappa shape index (κ1) is 17.8. The minimum Gasteiger partial charge on any atom is -0.371 e. The molecule has 128 valence electrons. The number of thiophene rings is 3. The maximum Gasteiger partial charge on any atom is 0.537 e. The number of rotatable bonds is 6. The summed E-state index contributed by atoms with van der Waals surface area (Å²) < 4.78 is 15.3. The van der Waals surface area contributed by atoms with Gasteiger partial charge in [-0.25, -0.2) is 14.4 Å². The fourth-order valence-electron chi connectivity index (χ4n) is 1.58. The first-order chi connectivity index (χ1) is 12.1. The predicted octanol–water partition coefficient (Wildman–Crippen LogP) is 4.97. The van der Waals surface area contributed by atoms with E-state index >= 15 is 0 Å². The summed E-state index contributed by atoms with van der Waals surface area (Å²) in [5.74, 6) is -2.17. The van der Waals surface area contributed by atoms with E-state index in [1.807, 2.05) is 0 Å². The molecule has 3 aromatic heterocycles. The average molecular weight is 412 g/mol. The number of hydrogen-bond donors (Lipinski definition) is 0. The first-order valence-electron chi connectivity index (χ1n) is 6.71. The van der Waals surface area contributed by atoms with Crippen LogP contribution in [0.15, 0.2) is 52.5 Å². The van der Waals surface area contributed by atoms with E-state index in [1.165, 1.54) is 34.0 Å². The van der Waals surface area contributed by atoms with E-state index in [-0.39, 0.29) is 0 Å². The summed E-state index contributed by atoms with van der Waals surface area (Å²) in [5, 5.41) is 5.11. The molecular formula is C15H9O6PS3. The van der Waals surface area contributed by atoms with Crippen molar-refractivity contribution in [1.82, 2.24) is 0 Å². The van der Waals surface area contributed by atoms with Gasteiger partial charge < -0.3 is 13.6 Å². The molecule has 0 saturated carbocycles. The lowest BCUT2D eigenvalue weighted by molar-refractivity contribution is 0.0554. The van der Waals surface area contributed by atoms with Crippen LogP contribution in [0.25, 0.3) is 0 Å². The topological polar surface area (TPSA) is 78.9 Å². The maximum absolute atomic E-state index is 12.1. The molecule has 6 nitrogen and oxygen atoms in total. The van der Waals surface area contributed by atoms with Crippen molar-refractivity contribution in [2.24, 2.45) is 0 Å². The van der Waals surface area contributed by atoms with Gasteiger partial charge in [0, 0.05) is 0 Å². The summed E-state index contributed by atoms with van der Waals surface area (Å²) in [6.45, 7) is 0. The van der Waals surface area contributed by atoms with Gasteiger partial charge >= 0.3 is 26.5 Å². The van der Waals surface area contributed by atoms with E-state index in [4.69, 9.17) is 13.6 Å². The van der Waals surface area contributed by atoms with Gasteiger partial charge in [-0.05, 0) is 34.3 Å². The summed E-state index contributed by atoms with van der Waals surface area (Å²) >= 11 is 3.50. The second kappa shape index (κ2) is 8.35. The average Bonchev–Trinajstić information content (AvgIpc) is 3.38. The Kier molecular flexibility index (Phi) is 5.93. The minimum atomic E-state index is -2.52. The predicted molar refractivity (Wildman–Crippen MR) is 96.1 cm³/mol. The summed E-state index contributed by atoms with van der Waals surface area (Å²) in [5.41, 5.74) is 0. The molecule has 3 rings (SSSR count). The van der Waals surface area contributed by atoms with E-state index in [0.717, 1.165) is 0 Å². The number of hydrogen-bond acceptors (Lipinski definition) is 9. The Morgan fingerprint density at radius 1 is 0.640 bits per heavy atom. The number of carbonyl (C=O) groups is 3. The molecule has 0 amide bonds. The van der Waals surface area contributed by atoms with E-state index in [2.05, 4.69) is 0 Å². The van der Waals surface area contributed by atoms with Gasteiger partial charge in [0.05, 0.1) is 0 Å². The Labute approximate surface area is 155 Å². The standard InChI is InChI=1S/C15H9O6PS3/c16-13(10-4-1-7-23-10)19-22(20-14(17)11-5-2-8-24-11)21-15(18)12-6-3-9-25-12/h1-9H. The van der Waals surface area contributed by atoms with Crippen molar-refractivity contribution in [3.63, 3.8) is 0 Å². The molecule has 0 unspecified atom stereocenters. The zero-order valence-electron chi connectivity index (χ0n) is 12.3. The Morgan fingerprint density at radius 2 is 0.960 bits per heavy atom. The van der Waals surface area contributed by atoms with E-state index < -0.39 is 26.5 Å². The van der Waals surface area contributed by atoms with Gasteiger partial charge in [0.25, 0.3) is 0 Å². The zero-order chi connectivity index (χ0) is 17.6. The quantitative estimate of drug-likeness (QED) is 0.532. The second-order valence-electron chi connectivity index (χ2n) is 4.29. The van der Waals surface area contributed by atoms with Crippen LogP contribution in [0.2, 0.25) is 0 Å². The Bertz CT molecular complexity index is 727. The molecule has 0 saturated heterocycles. The first-order valence-corrected chi connectivity index (χ1v) is 10.4. The van der Waals surface area contributed by atoms with Gasteiger partial charge in [-0.2, -0.15) is 0 Å². The second-order valence-corrected chi connectivity index (χ2v) is 8.13. The molecule has 0 aliphatic rings. The highest BCUT2D eigenvalue weighted by Gasteiger charge is 2.30. The molecule has 0 bridgehead atoms. The van der Waals surface area contributed by atoms with Crippen LogP contribution < -0.4 is 0 Å². The molecule has 0 spiro atoms. The molecule has 10 heteroatoms. The Morgan fingerprint density at radius 3 is 1.20 bits per heavy atom. The summed E-state index contributed by atoms with van der Waals surface area (Å²) in [6, 6.07) is 9.71. The third kappa shape index (κ3) is 4.73. The normalized spacial score (nSPS) is 10.4. The highest BCUT2D eigenvalue weighted by atomic mass is 32.1. The highest BCUT2D eigenvalue weighted by molar-refractivity contribution is 7.44. The van der Waals surface area contributed by atoms with Crippen LogP contribution >= 0.6 is 42.6 Å². The molecule has 0 fully saturated rings. The molecule has 0 radical (unpaired) electrons. The van der Waals surface area contributed by atoms with Gasteiger partial charge in [-0.1, -0.05) is 18.2 Å². The molecule has 3 aromatic rings. The Hall–Kier alpha value is -2.06. The van der Waals surface area contributed by atoms with Crippen LogP contribution in [0.3, 0.4) is 0 Å². The lowest BCUT2D eigenvalue weighted by atomic mass is 10.5. The molecular weight excluding hydrogens is 403 g/mol. The zero-order valence-corrected chi connectivity index (χ0v) is 15.7. The molecule has 25 heavy (non-hydrogen) atoms. The third-order valence-corrected chi connectivity index (χ3v) is 6.13. The van der Waals surface area contributed by atoms with Crippen molar-refractivity contribution in [2.75, 3.05) is 0 Å². The largest absolute Gasteiger partial charge is 0.537 e. The van der Waals surface area contributed by atoms with Crippen LogP contribution in [0.5, 0.6) is 0 Å². The van der Waals surface area contributed by atoms with Gasteiger partial charge in [0.1, 0.15) is 14.6 Å². The lowest BCUT2D eigenvalue weighted by Gasteiger charge is -2.13. The van der Waals surface area contributed by atoms with E-state index in [0.29, 0.717) is 14.6 Å². The van der Waals surface area contributed by atoms with Crippen LogP contribution in [-0.4, -0.2) is 17.9 Å². The summed E-state index contributed by atoms with van der Waals surface area (Å²) in [4.78, 5) is 37.2. The molecule has 0 atom stereocenters. The van der Waals surface area contributed by atoms with Crippen molar-refractivity contribution >= 4 is 60.5 Å². The molecule has 0 aromatic carbocycles. The monoisotopic (exact) mass is 412 g/mol. The number of carbonyl (C=O) groups excluding carboxylic acids is 3. The van der Waals surface area contributed by atoms with Crippen molar-refractivity contribution < 1.29 is 28.0 Å². The van der Waals surface area contributed by atoms with Crippen molar-refractivity contribution in [2.45, 2.75) is 0 Å². The summed E-state index contributed by atoms with van der Waals surface area (Å²) in [6.07, 6.45) is 0. The van der Waals surface area contributed by atoms with Gasteiger partial charge in [-0.15, -0.1) is 34.0 Å². The van der Waals surface area contributed by atoms with Crippen molar-refractivity contribution in [3.05, 3.63) is 67.2 Å². The third-order valence-electron chi connectivity index (χ3n) is 2.64. The smallest absolute Gasteiger partial charge is 0.371 e. The van der Waals surface area contributed by atoms with Gasteiger partial charge in [-0.3, -0.25) is 0 Å². The molecule has 3 heterocycles. The van der Waals surface area contributed by atoms with Gasteiger partial charge in [0.2, 0.25) is 0 Å². The Balaban J connectivity index is 1.71.